The third kappa shape index (κ3) is 16.6. The lowest BCUT2D eigenvalue weighted by Crippen LogP contribution is -1.97. The number of nitrogens with zero attached hydrogens (tertiary/aromatic N) is 3. The predicted molar refractivity (Wildman–Crippen MR) is 294 cm³/mol. The second-order valence-corrected chi connectivity index (χ2v) is 19.5. The number of hydrogen-bond acceptors (Lipinski definition) is 10. The summed E-state index contributed by atoms with van der Waals surface area (Å²) in [5.74, 6) is 5.26. The van der Waals surface area contributed by atoms with Gasteiger partial charge in [0.2, 0.25) is 0 Å². The zero-order valence-corrected chi connectivity index (χ0v) is 43.1. The van der Waals surface area contributed by atoms with Crippen LogP contribution in [0.4, 0.5) is 13.2 Å². The number of thiophene rings is 3. The maximum atomic E-state index is 13.2. The summed E-state index contributed by atoms with van der Waals surface area (Å²) in [6.45, 7) is 4.53. The molecule has 0 radical (unpaired) electrons. The molecule has 6 aromatic heterocycles. The number of benzene rings is 3. The van der Waals surface area contributed by atoms with Gasteiger partial charge in [-0.3, -0.25) is 19.7 Å². The number of Topliss-reactive ketones (excluding diaryl/α,β-unsaturated/α-hetero) is 1. The van der Waals surface area contributed by atoms with Gasteiger partial charge in [-0.05, 0) is 150 Å². The fourth-order valence-corrected chi connectivity index (χ4v) is 10.7. The lowest BCUT2D eigenvalue weighted by molar-refractivity contribution is 0.0975. The molecule has 9 rings (SSSR count). The van der Waals surface area contributed by atoms with Crippen molar-refractivity contribution in [1.29, 1.82) is 0 Å². The number of aliphatic hydroxyl groups is 3. The molecule has 0 aliphatic heterocycles. The van der Waals surface area contributed by atoms with Crippen molar-refractivity contribution in [3.8, 4) is 76.5 Å². The Morgan fingerprint density at radius 2 is 0.904 bits per heavy atom. The molecule has 0 spiro atoms. The number of ketones is 1. The fourth-order valence-electron chi connectivity index (χ4n) is 7.21. The molecule has 13 heteroatoms. The van der Waals surface area contributed by atoms with Crippen LogP contribution in [0.5, 0.6) is 0 Å². The first-order valence-corrected chi connectivity index (χ1v) is 26.3. The highest BCUT2D eigenvalue weighted by Gasteiger charge is 2.18. The summed E-state index contributed by atoms with van der Waals surface area (Å²) in [6.07, 6.45) is 15.7. The molecule has 0 saturated carbocycles. The van der Waals surface area contributed by atoms with Crippen LogP contribution in [0.25, 0.3) is 64.7 Å². The first-order chi connectivity index (χ1) is 35.7. The molecule has 7 nitrogen and oxygen atoms in total. The van der Waals surface area contributed by atoms with Crippen LogP contribution in [0.3, 0.4) is 0 Å². The molecule has 0 bridgehead atoms. The van der Waals surface area contributed by atoms with E-state index in [0.717, 1.165) is 88.8 Å². The van der Waals surface area contributed by atoms with E-state index in [2.05, 4.69) is 46.7 Å². The molecule has 0 aliphatic carbocycles. The van der Waals surface area contributed by atoms with Crippen molar-refractivity contribution in [1.82, 2.24) is 15.0 Å². The number of aryl methyl sites for hydroxylation is 1. The Morgan fingerprint density at radius 1 is 0.493 bits per heavy atom. The van der Waals surface area contributed by atoms with Crippen molar-refractivity contribution in [2.24, 2.45) is 0 Å². The highest BCUT2D eigenvalue weighted by Crippen LogP contribution is 2.42. The van der Waals surface area contributed by atoms with E-state index in [1.807, 2.05) is 60.7 Å². The Hall–Kier alpha value is -6.89. The van der Waals surface area contributed by atoms with E-state index in [-0.39, 0.29) is 43.1 Å². The zero-order chi connectivity index (χ0) is 51.8. The van der Waals surface area contributed by atoms with Gasteiger partial charge >= 0.3 is 0 Å². The van der Waals surface area contributed by atoms with E-state index in [1.54, 1.807) is 84.1 Å². The van der Waals surface area contributed by atoms with Gasteiger partial charge in [0.1, 0.15) is 17.5 Å². The number of unbranched alkanes of at least 4 members (excludes halogenated alkanes) is 1. The first kappa shape index (κ1) is 55.4. The summed E-state index contributed by atoms with van der Waals surface area (Å²) in [4.78, 5) is 30.4. The minimum atomic E-state index is -0.292. The van der Waals surface area contributed by atoms with Crippen LogP contribution >= 0.6 is 34.0 Å². The van der Waals surface area contributed by atoms with Gasteiger partial charge in [0, 0.05) is 99.4 Å². The molecule has 9 aromatic rings. The van der Waals surface area contributed by atoms with Crippen molar-refractivity contribution in [2.75, 3.05) is 19.8 Å². The van der Waals surface area contributed by atoms with Crippen LogP contribution in [-0.4, -0.2) is 55.9 Å². The number of rotatable bonds is 15. The topological polar surface area (TPSA) is 116 Å². The van der Waals surface area contributed by atoms with Gasteiger partial charge in [-0.2, -0.15) is 0 Å². The third-order valence-corrected chi connectivity index (χ3v) is 14.2. The molecular formula is C60H56F3N3O4S3. The van der Waals surface area contributed by atoms with Gasteiger partial charge in [0.25, 0.3) is 0 Å². The lowest BCUT2D eigenvalue weighted by Gasteiger charge is -2.04. The molecule has 374 valence electrons. The fraction of sp³-hybridized carbons (Fsp3) is 0.200. The van der Waals surface area contributed by atoms with Crippen molar-refractivity contribution in [3.05, 3.63) is 197 Å². The maximum absolute atomic E-state index is 13.2. The number of aromatic nitrogens is 3. The molecular weight excluding hydrogens is 980 g/mol. The van der Waals surface area contributed by atoms with Gasteiger partial charge in [0.05, 0.1) is 16.4 Å². The Kier molecular flexibility index (Phi) is 22.5. The minimum Gasteiger partial charge on any atom is -0.396 e. The molecule has 73 heavy (non-hydrogen) atoms. The van der Waals surface area contributed by atoms with Crippen molar-refractivity contribution in [3.63, 3.8) is 0 Å². The quantitative estimate of drug-likeness (QED) is 0.0532. The van der Waals surface area contributed by atoms with E-state index in [4.69, 9.17) is 15.3 Å². The highest BCUT2D eigenvalue weighted by molar-refractivity contribution is 7.18. The molecule has 0 amide bonds. The molecule has 0 atom stereocenters. The van der Waals surface area contributed by atoms with E-state index >= 15 is 0 Å². The van der Waals surface area contributed by atoms with Crippen LogP contribution in [0.1, 0.15) is 71.8 Å². The van der Waals surface area contributed by atoms with Crippen LogP contribution < -0.4 is 0 Å². The van der Waals surface area contributed by atoms with E-state index in [9.17, 15) is 18.0 Å². The summed E-state index contributed by atoms with van der Waals surface area (Å²) < 4.78 is 39.6. The summed E-state index contributed by atoms with van der Waals surface area (Å²) in [5, 5.41) is 26.7. The summed E-state index contributed by atoms with van der Waals surface area (Å²) in [5.41, 5.74) is 9.11. The van der Waals surface area contributed by atoms with Gasteiger partial charge in [-0.15, -0.1) is 34.0 Å². The number of pyridine rings is 3. The monoisotopic (exact) mass is 1040 g/mol. The molecule has 3 aromatic carbocycles. The number of halogens is 3. The summed E-state index contributed by atoms with van der Waals surface area (Å²) >= 11 is 4.70. The summed E-state index contributed by atoms with van der Waals surface area (Å²) in [6, 6.07) is 37.1. The molecule has 0 unspecified atom stereocenters. The molecule has 0 fully saturated rings. The molecule has 3 N–H and O–H groups in total. The van der Waals surface area contributed by atoms with Crippen LogP contribution in [0, 0.1) is 29.3 Å². The molecule has 0 aliphatic rings. The average molecular weight is 1040 g/mol. The van der Waals surface area contributed by atoms with Gasteiger partial charge in [-0.1, -0.05) is 68.5 Å². The van der Waals surface area contributed by atoms with Crippen LogP contribution in [-0.2, 0) is 6.42 Å². The Balaban J connectivity index is 0.000000174. The van der Waals surface area contributed by atoms with Gasteiger partial charge in [0.15, 0.2) is 5.78 Å². The second-order valence-electron chi connectivity index (χ2n) is 16.3. The van der Waals surface area contributed by atoms with Crippen molar-refractivity contribution >= 4 is 39.8 Å². The van der Waals surface area contributed by atoms with Crippen LogP contribution in [0.15, 0.2) is 165 Å². The Labute approximate surface area is 437 Å². The van der Waals surface area contributed by atoms with Gasteiger partial charge < -0.3 is 15.3 Å². The highest BCUT2D eigenvalue weighted by atomic mass is 32.1. The van der Waals surface area contributed by atoms with E-state index in [1.165, 1.54) is 59.0 Å². The van der Waals surface area contributed by atoms with Crippen molar-refractivity contribution < 1.29 is 33.3 Å². The maximum Gasteiger partial charge on any atom is 0.172 e. The van der Waals surface area contributed by atoms with E-state index in [0.29, 0.717) is 24.1 Å². The molecule has 6 heterocycles. The second kappa shape index (κ2) is 29.6. The molecule has 0 saturated heterocycles. The van der Waals surface area contributed by atoms with Crippen LogP contribution in [0.2, 0.25) is 0 Å². The number of carbonyl (C=O) groups excluding carboxylic acids is 1. The lowest BCUT2D eigenvalue weighted by atomic mass is 10.0. The summed E-state index contributed by atoms with van der Waals surface area (Å²) in [7, 11) is 0. The zero-order valence-electron chi connectivity index (χ0n) is 40.6. The minimum absolute atomic E-state index is 0.000847. The normalized spacial score (nSPS) is 10.4. The van der Waals surface area contributed by atoms with Gasteiger partial charge in [-0.25, -0.2) is 13.2 Å². The largest absolute Gasteiger partial charge is 0.396 e. The SMILES string of the molecule is CCC.O=C(CCCO)c1cc(-c2ccncc2)c(-c2ccc(F)cc2)s1.OCCC#Cc1cc(-c2ccncc2)c(-c2ccc(F)cc2)s1.OCCCCc1cc(-c2ccncc2)c(-c2ccc(F)cc2)s1. The first-order valence-electron chi connectivity index (χ1n) is 23.9. The third-order valence-electron chi connectivity index (χ3n) is 10.7. The van der Waals surface area contributed by atoms with Crippen molar-refractivity contribution in [2.45, 2.75) is 58.8 Å². The number of aliphatic hydroxyl groups excluding tert-OH is 3. The Bertz CT molecular complexity index is 3120. The average Bonchev–Trinajstić information content (AvgIpc) is 4.19. The predicted octanol–water partition coefficient (Wildman–Crippen LogP) is 15.3. The number of carbonyl (C=O) groups is 1. The van der Waals surface area contributed by atoms with E-state index < -0.39 is 0 Å². The number of hydrogen-bond donors (Lipinski definition) is 3. The smallest absolute Gasteiger partial charge is 0.172 e. The standard InChI is InChI=1S/C19H16FNO2S.C19H18FNOS.C19H14FNOS.C3H8/c20-15-5-3-14(4-6-15)19-16(13-7-9-21-10-8-13)12-18(24-19)17(23)2-1-11-22;2*20-16-6-4-15(5-7-16)19-18(14-8-10-21-11-9-14)13-17(23-19)3-1-2-12-22;1-3-2/h3-10,12,22H,1-2,11H2;4-11,13,22H,1-3,12H2;4-11,13,22H,2,12H2;3H2,1-2H3. The Morgan fingerprint density at radius 3 is 1.34 bits per heavy atom.